The molecule has 0 rings (SSSR count). The molecule has 0 bridgehead atoms. The molecule has 2 nitrogen and oxygen atoms in total. The highest BCUT2D eigenvalue weighted by Gasteiger charge is 2.31. The third-order valence-electron chi connectivity index (χ3n) is 3.45. The van der Waals surface area contributed by atoms with E-state index in [0.717, 1.165) is 13.2 Å². The van der Waals surface area contributed by atoms with Crippen molar-refractivity contribution in [3.05, 3.63) is 0 Å². The topological polar surface area (TPSA) is 21.3 Å². The van der Waals surface area contributed by atoms with Crippen LogP contribution in [0.15, 0.2) is 0 Å². The third kappa shape index (κ3) is 5.86. The van der Waals surface area contributed by atoms with Crippen molar-refractivity contribution in [2.75, 3.05) is 20.3 Å². The van der Waals surface area contributed by atoms with Crippen LogP contribution in [0.5, 0.6) is 0 Å². The van der Waals surface area contributed by atoms with Gasteiger partial charge in [0.05, 0.1) is 0 Å². The molecule has 2 heteroatoms. The van der Waals surface area contributed by atoms with Crippen LogP contribution in [0, 0.1) is 11.3 Å². The molecule has 2 unspecified atom stereocenters. The van der Waals surface area contributed by atoms with Gasteiger partial charge < -0.3 is 10.1 Å². The third-order valence-corrected chi connectivity index (χ3v) is 3.45. The van der Waals surface area contributed by atoms with Crippen LogP contribution in [0.3, 0.4) is 0 Å². The standard InChI is InChI=1S/C14H31NO/c1-8-9-14(6,12(2)10-16-7)11-15-13(3,4)5/h12,15H,8-11H2,1-7H3. The molecule has 0 radical (unpaired) electrons. The van der Waals surface area contributed by atoms with Crippen molar-refractivity contribution >= 4 is 0 Å². The normalized spacial score (nSPS) is 18.2. The number of rotatable bonds is 7. The van der Waals surface area contributed by atoms with E-state index in [1.54, 1.807) is 7.11 Å². The van der Waals surface area contributed by atoms with E-state index in [0.29, 0.717) is 11.3 Å². The van der Waals surface area contributed by atoms with Crippen molar-refractivity contribution in [1.82, 2.24) is 5.32 Å². The van der Waals surface area contributed by atoms with E-state index in [1.807, 2.05) is 0 Å². The van der Waals surface area contributed by atoms with Crippen LogP contribution in [-0.4, -0.2) is 25.8 Å². The van der Waals surface area contributed by atoms with Gasteiger partial charge in [0.25, 0.3) is 0 Å². The summed E-state index contributed by atoms with van der Waals surface area (Å²) in [7, 11) is 1.79. The first-order valence-electron chi connectivity index (χ1n) is 6.49. The number of hydrogen-bond donors (Lipinski definition) is 1. The van der Waals surface area contributed by atoms with Gasteiger partial charge in [-0.25, -0.2) is 0 Å². The van der Waals surface area contributed by atoms with Crippen LogP contribution in [0.1, 0.15) is 54.4 Å². The second-order valence-corrected chi connectivity index (χ2v) is 6.36. The molecule has 16 heavy (non-hydrogen) atoms. The highest BCUT2D eigenvalue weighted by atomic mass is 16.5. The fraction of sp³-hybridized carbons (Fsp3) is 1.00. The number of nitrogens with one attached hydrogen (secondary N) is 1. The molecule has 1 N–H and O–H groups in total. The Morgan fingerprint density at radius 1 is 1.19 bits per heavy atom. The summed E-state index contributed by atoms with van der Waals surface area (Å²) in [5, 5.41) is 3.63. The Hall–Kier alpha value is -0.0800. The van der Waals surface area contributed by atoms with E-state index in [1.165, 1.54) is 12.8 Å². The van der Waals surface area contributed by atoms with Gasteiger partial charge in [-0.15, -0.1) is 0 Å². The summed E-state index contributed by atoms with van der Waals surface area (Å²) in [6.07, 6.45) is 2.48. The fourth-order valence-corrected chi connectivity index (χ4v) is 2.00. The molecule has 0 saturated carbocycles. The Kier molecular flexibility index (Phi) is 6.57. The lowest BCUT2D eigenvalue weighted by Gasteiger charge is -2.38. The summed E-state index contributed by atoms with van der Waals surface area (Å²) in [6, 6.07) is 0. The molecule has 0 aliphatic rings. The molecule has 2 atom stereocenters. The van der Waals surface area contributed by atoms with Crippen molar-refractivity contribution in [3.8, 4) is 0 Å². The second-order valence-electron chi connectivity index (χ2n) is 6.36. The molecule has 0 aliphatic carbocycles. The Morgan fingerprint density at radius 3 is 2.12 bits per heavy atom. The average Bonchev–Trinajstić information content (AvgIpc) is 2.15. The van der Waals surface area contributed by atoms with Crippen molar-refractivity contribution < 1.29 is 4.74 Å². The number of ether oxygens (including phenoxy) is 1. The quantitative estimate of drug-likeness (QED) is 0.722. The molecule has 0 saturated heterocycles. The van der Waals surface area contributed by atoms with E-state index < -0.39 is 0 Å². The van der Waals surface area contributed by atoms with Crippen LogP contribution in [0.2, 0.25) is 0 Å². The van der Waals surface area contributed by atoms with E-state index in [4.69, 9.17) is 4.74 Å². The first-order valence-corrected chi connectivity index (χ1v) is 6.49. The number of methoxy groups -OCH3 is 1. The lowest BCUT2D eigenvalue weighted by Crippen LogP contribution is -2.46. The van der Waals surface area contributed by atoms with Gasteiger partial charge in [-0.05, 0) is 38.5 Å². The summed E-state index contributed by atoms with van der Waals surface area (Å²) in [5.41, 5.74) is 0.528. The van der Waals surface area contributed by atoms with Crippen LogP contribution < -0.4 is 5.32 Å². The van der Waals surface area contributed by atoms with Crippen molar-refractivity contribution in [2.45, 2.75) is 59.9 Å². The van der Waals surface area contributed by atoms with Crippen molar-refractivity contribution in [3.63, 3.8) is 0 Å². The van der Waals surface area contributed by atoms with E-state index in [9.17, 15) is 0 Å². The largest absolute Gasteiger partial charge is 0.384 e. The maximum atomic E-state index is 5.30. The van der Waals surface area contributed by atoms with Crippen LogP contribution >= 0.6 is 0 Å². The minimum Gasteiger partial charge on any atom is -0.384 e. The molecule has 0 spiro atoms. The summed E-state index contributed by atoms with van der Waals surface area (Å²) in [4.78, 5) is 0. The fourth-order valence-electron chi connectivity index (χ4n) is 2.00. The zero-order valence-corrected chi connectivity index (χ0v) is 12.3. The zero-order valence-electron chi connectivity index (χ0n) is 12.3. The predicted octanol–water partition coefficient (Wildman–Crippen LogP) is 3.46. The molecular formula is C14H31NO. The van der Waals surface area contributed by atoms with Crippen LogP contribution in [-0.2, 0) is 4.74 Å². The van der Waals surface area contributed by atoms with Crippen LogP contribution in [0.4, 0.5) is 0 Å². The minimum absolute atomic E-state index is 0.196. The number of hydrogen-bond acceptors (Lipinski definition) is 2. The van der Waals surface area contributed by atoms with E-state index >= 15 is 0 Å². The van der Waals surface area contributed by atoms with Gasteiger partial charge in [0.1, 0.15) is 0 Å². The van der Waals surface area contributed by atoms with Gasteiger partial charge in [0.2, 0.25) is 0 Å². The highest BCUT2D eigenvalue weighted by molar-refractivity contribution is 4.85. The van der Waals surface area contributed by atoms with Crippen molar-refractivity contribution in [2.24, 2.45) is 11.3 Å². The maximum absolute atomic E-state index is 5.30. The Bertz CT molecular complexity index is 186. The Morgan fingerprint density at radius 2 is 1.75 bits per heavy atom. The van der Waals surface area contributed by atoms with Gasteiger partial charge in [-0.1, -0.05) is 27.2 Å². The average molecular weight is 229 g/mol. The lowest BCUT2D eigenvalue weighted by atomic mass is 9.74. The molecule has 98 valence electrons. The molecule has 0 amide bonds. The summed E-state index contributed by atoms with van der Waals surface area (Å²) >= 11 is 0. The summed E-state index contributed by atoms with van der Waals surface area (Å²) < 4.78 is 5.30. The first kappa shape index (κ1) is 15.9. The molecule has 0 aliphatic heterocycles. The van der Waals surface area contributed by atoms with Gasteiger partial charge in [-0.3, -0.25) is 0 Å². The Labute approximate surface area is 102 Å². The predicted molar refractivity (Wildman–Crippen MR) is 71.8 cm³/mol. The second kappa shape index (κ2) is 6.61. The first-order chi connectivity index (χ1) is 7.25. The van der Waals surface area contributed by atoms with Gasteiger partial charge in [-0.2, -0.15) is 0 Å². The molecular weight excluding hydrogens is 198 g/mol. The van der Waals surface area contributed by atoms with Crippen LogP contribution in [0.25, 0.3) is 0 Å². The van der Waals surface area contributed by atoms with Crippen molar-refractivity contribution in [1.29, 1.82) is 0 Å². The molecule has 0 aromatic heterocycles. The molecule has 0 aromatic rings. The van der Waals surface area contributed by atoms with Gasteiger partial charge in [0.15, 0.2) is 0 Å². The zero-order chi connectivity index (χ0) is 12.8. The highest BCUT2D eigenvalue weighted by Crippen LogP contribution is 2.32. The molecule has 0 heterocycles. The van der Waals surface area contributed by atoms with E-state index in [2.05, 4.69) is 46.9 Å². The Balaban J connectivity index is 4.43. The SMILES string of the molecule is CCCC(C)(CNC(C)(C)C)C(C)COC. The molecule has 0 fully saturated rings. The smallest absolute Gasteiger partial charge is 0.0493 e. The lowest BCUT2D eigenvalue weighted by molar-refractivity contribution is 0.0690. The monoisotopic (exact) mass is 229 g/mol. The minimum atomic E-state index is 0.196. The van der Waals surface area contributed by atoms with Gasteiger partial charge >= 0.3 is 0 Å². The maximum Gasteiger partial charge on any atom is 0.0493 e. The van der Waals surface area contributed by atoms with E-state index in [-0.39, 0.29) is 5.54 Å². The van der Waals surface area contributed by atoms with Gasteiger partial charge in [0, 0.05) is 25.8 Å². The summed E-state index contributed by atoms with van der Waals surface area (Å²) in [5.74, 6) is 0.590. The summed E-state index contributed by atoms with van der Waals surface area (Å²) in [6.45, 7) is 15.5. The molecule has 0 aromatic carbocycles.